The molecule has 2 N–H and O–H groups in total. The van der Waals surface area contributed by atoms with E-state index in [1.807, 2.05) is 18.2 Å². The molecular weight excluding hydrogens is 404 g/mol. The molecule has 5 nitrogen and oxygen atoms in total. The second-order valence-corrected chi connectivity index (χ2v) is 6.74. The predicted molar refractivity (Wildman–Crippen MR) is 87.3 cm³/mol. The minimum absolute atomic E-state index is 0.00860. The molecule has 1 saturated heterocycles. The summed E-state index contributed by atoms with van der Waals surface area (Å²) in [7, 11) is 0. The summed E-state index contributed by atoms with van der Waals surface area (Å²) in [4.78, 5) is 24.7. The first-order valence-corrected chi connectivity index (χ1v) is 8.25. The van der Waals surface area contributed by atoms with Gasteiger partial charge in [-0.05, 0) is 47.0 Å². The van der Waals surface area contributed by atoms with Gasteiger partial charge in [-0.15, -0.1) is 0 Å². The van der Waals surface area contributed by atoms with E-state index >= 15 is 0 Å². The lowest BCUT2D eigenvalue weighted by Crippen LogP contribution is -2.42. The minimum atomic E-state index is -0.765. The number of anilines is 1. The lowest BCUT2D eigenvalue weighted by molar-refractivity contribution is -0.145. The van der Waals surface area contributed by atoms with Gasteiger partial charge in [-0.1, -0.05) is 15.9 Å². The van der Waals surface area contributed by atoms with Gasteiger partial charge < -0.3 is 15.3 Å². The monoisotopic (exact) mass is 418 g/mol. The van der Waals surface area contributed by atoms with Gasteiger partial charge in [-0.3, -0.25) is 9.59 Å². The fourth-order valence-corrected chi connectivity index (χ4v) is 3.04. The van der Waals surface area contributed by atoms with Crippen LogP contribution in [0.2, 0.25) is 0 Å². The van der Waals surface area contributed by atoms with E-state index in [1.165, 1.54) is 0 Å². The van der Waals surface area contributed by atoms with E-state index in [0.29, 0.717) is 25.9 Å². The average molecular weight is 420 g/mol. The number of carbonyl (C=O) groups excluding carboxylic acids is 1. The highest BCUT2D eigenvalue weighted by Gasteiger charge is 2.26. The molecule has 1 aromatic rings. The summed E-state index contributed by atoms with van der Waals surface area (Å²) in [6, 6.07) is 5.71. The van der Waals surface area contributed by atoms with Crippen molar-refractivity contribution in [3.8, 4) is 0 Å². The Balaban J connectivity index is 1.85. The molecule has 1 amide bonds. The zero-order chi connectivity index (χ0) is 15.4. The molecule has 0 spiro atoms. The minimum Gasteiger partial charge on any atom is -0.481 e. The Morgan fingerprint density at radius 1 is 1.29 bits per heavy atom. The van der Waals surface area contributed by atoms with Crippen LogP contribution in [-0.2, 0) is 9.59 Å². The number of halogens is 2. The Hall–Kier alpha value is -1.08. The van der Waals surface area contributed by atoms with E-state index in [1.54, 1.807) is 4.90 Å². The number of piperidine rings is 1. The van der Waals surface area contributed by atoms with Crippen molar-refractivity contribution < 1.29 is 14.7 Å². The first-order chi connectivity index (χ1) is 9.97. The molecule has 0 atom stereocenters. The Bertz CT molecular complexity index is 543. The van der Waals surface area contributed by atoms with Gasteiger partial charge in [-0.2, -0.15) is 0 Å². The van der Waals surface area contributed by atoms with Gasteiger partial charge in [0.2, 0.25) is 5.91 Å². The van der Waals surface area contributed by atoms with Gasteiger partial charge in [0, 0.05) is 27.7 Å². The molecular formula is C14H16Br2N2O3. The van der Waals surface area contributed by atoms with E-state index in [9.17, 15) is 9.59 Å². The number of nitrogens with one attached hydrogen (secondary N) is 1. The van der Waals surface area contributed by atoms with Crippen molar-refractivity contribution in [2.45, 2.75) is 12.8 Å². The van der Waals surface area contributed by atoms with Crippen molar-refractivity contribution in [3.05, 3.63) is 27.1 Å². The number of benzene rings is 1. The Morgan fingerprint density at radius 2 is 1.95 bits per heavy atom. The summed E-state index contributed by atoms with van der Waals surface area (Å²) >= 11 is 6.82. The maximum absolute atomic E-state index is 12.1. The van der Waals surface area contributed by atoms with E-state index in [0.717, 1.165) is 14.6 Å². The summed E-state index contributed by atoms with van der Waals surface area (Å²) in [6.45, 7) is 1.22. The maximum atomic E-state index is 12.1. The molecule has 1 heterocycles. The molecule has 0 saturated carbocycles. The lowest BCUT2D eigenvalue weighted by atomic mass is 9.97. The second-order valence-electron chi connectivity index (χ2n) is 4.97. The number of amides is 1. The number of nitrogens with zero attached hydrogens (tertiary/aromatic N) is 1. The molecule has 1 aromatic carbocycles. The van der Waals surface area contributed by atoms with E-state index < -0.39 is 5.97 Å². The van der Waals surface area contributed by atoms with Gasteiger partial charge in [0.15, 0.2) is 0 Å². The summed E-state index contributed by atoms with van der Waals surface area (Å²) < 4.78 is 1.83. The highest BCUT2D eigenvalue weighted by atomic mass is 79.9. The number of hydrogen-bond acceptors (Lipinski definition) is 3. The number of aliphatic carboxylic acids is 1. The lowest BCUT2D eigenvalue weighted by Gasteiger charge is -2.30. The largest absolute Gasteiger partial charge is 0.481 e. The molecule has 1 fully saturated rings. The zero-order valence-corrected chi connectivity index (χ0v) is 14.5. The van der Waals surface area contributed by atoms with E-state index in [-0.39, 0.29) is 18.4 Å². The predicted octanol–water partition coefficient (Wildman–Crippen LogP) is 2.95. The van der Waals surface area contributed by atoms with Crippen LogP contribution in [0.5, 0.6) is 0 Å². The number of likely N-dealkylation sites (tertiary alicyclic amines) is 1. The molecule has 1 aliphatic heterocycles. The molecule has 1 aliphatic rings. The third kappa shape index (κ3) is 4.44. The van der Waals surface area contributed by atoms with Gasteiger partial charge >= 0.3 is 5.97 Å². The quantitative estimate of drug-likeness (QED) is 0.787. The molecule has 114 valence electrons. The summed E-state index contributed by atoms with van der Waals surface area (Å²) in [6.07, 6.45) is 1.06. The van der Waals surface area contributed by atoms with Crippen molar-refractivity contribution in [2.75, 3.05) is 25.0 Å². The molecule has 0 aliphatic carbocycles. The standard InChI is InChI=1S/C14H16Br2N2O3/c15-10-1-2-11(16)12(7-10)17-8-13(19)18-5-3-9(4-6-18)14(20)21/h1-2,7,9,17H,3-6,8H2,(H,20,21). The number of rotatable bonds is 4. The van der Waals surface area contributed by atoms with Crippen molar-refractivity contribution in [1.29, 1.82) is 0 Å². The Labute approximate surface area is 140 Å². The summed E-state index contributed by atoms with van der Waals surface area (Å²) in [5, 5.41) is 12.0. The van der Waals surface area contributed by atoms with Gasteiger partial charge in [0.25, 0.3) is 0 Å². The fraction of sp³-hybridized carbons (Fsp3) is 0.429. The highest BCUT2D eigenvalue weighted by molar-refractivity contribution is 9.11. The van der Waals surface area contributed by atoms with Crippen LogP contribution in [-0.4, -0.2) is 41.5 Å². The van der Waals surface area contributed by atoms with Crippen molar-refractivity contribution in [1.82, 2.24) is 4.90 Å². The normalized spacial score (nSPS) is 15.8. The number of carboxylic acids is 1. The topological polar surface area (TPSA) is 69.6 Å². The molecule has 2 rings (SSSR count). The highest BCUT2D eigenvalue weighted by Crippen LogP contribution is 2.26. The van der Waals surface area contributed by atoms with E-state index in [2.05, 4.69) is 37.2 Å². The van der Waals surface area contributed by atoms with Crippen LogP contribution in [0.4, 0.5) is 5.69 Å². The first-order valence-electron chi connectivity index (χ1n) is 6.67. The summed E-state index contributed by atoms with van der Waals surface area (Å²) in [5.74, 6) is -1.09. The summed E-state index contributed by atoms with van der Waals surface area (Å²) in [5.41, 5.74) is 0.846. The number of carbonyl (C=O) groups is 2. The van der Waals surface area contributed by atoms with Gasteiger partial charge in [0.05, 0.1) is 12.5 Å². The van der Waals surface area contributed by atoms with Gasteiger partial charge in [0.1, 0.15) is 0 Å². The van der Waals surface area contributed by atoms with Crippen LogP contribution in [0.15, 0.2) is 27.1 Å². The van der Waals surface area contributed by atoms with Crippen LogP contribution >= 0.6 is 31.9 Å². The third-order valence-electron chi connectivity index (χ3n) is 3.56. The smallest absolute Gasteiger partial charge is 0.306 e. The van der Waals surface area contributed by atoms with Crippen LogP contribution in [0.1, 0.15) is 12.8 Å². The molecule has 0 bridgehead atoms. The zero-order valence-electron chi connectivity index (χ0n) is 11.3. The SMILES string of the molecule is O=C(O)C1CCN(C(=O)CNc2cc(Br)ccc2Br)CC1. The van der Waals surface area contributed by atoms with Gasteiger partial charge in [-0.25, -0.2) is 0 Å². The Kier molecular flexibility index (Phi) is 5.64. The maximum Gasteiger partial charge on any atom is 0.306 e. The van der Waals surface area contributed by atoms with Crippen LogP contribution in [0.3, 0.4) is 0 Å². The van der Waals surface area contributed by atoms with Crippen molar-refractivity contribution in [3.63, 3.8) is 0 Å². The van der Waals surface area contributed by atoms with Crippen LogP contribution in [0, 0.1) is 5.92 Å². The van der Waals surface area contributed by atoms with Crippen LogP contribution in [0.25, 0.3) is 0 Å². The van der Waals surface area contributed by atoms with Crippen LogP contribution < -0.4 is 5.32 Å². The molecule has 0 aromatic heterocycles. The fourth-order valence-electron chi connectivity index (χ4n) is 2.29. The van der Waals surface area contributed by atoms with E-state index in [4.69, 9.17) is 5.11 Å². The second kappa shape index (κ2) is 7.26. The van der Waals surface area contributed by atoms with Crippen molar-refractivity contribution >= 4 is 49.4 Å². The molecule has 7 heteroatoms. The number of carboxylic acid groups (broad SMARTS) is 1. The molecule has 0 unspecified atom stereocenters. The first kappa shape index (κ1) is 16.3. The molecule has 0 radical (unpaired) electrons. The number of hydrogen-bond donors (Lipinski definition) is 2. The third-order valence-corrected chi connectivity index (χ3v) is 4.74. The molecule has 21 heavy (non-hydrogen) atoms. The van der Waals surface area contributed by atoms with Crippen molar-refractivity contribution in [2.24, 2.45) is 5.92 Å². The average Bonchev–Trinajstić information content (AvgIpc) is 2.48. The Morgan fingerprint density at radius 3 is 2.57 bits per heavy atom.